The third-order valence-corrected chi connectivity index (χ3v) is 2.43. The zero-order valence-electron chi connectivity index (χ0n) is 9.18. The fourth-order valence-corrected chi connectivity index (χ4v) is 1.57. The number of hydrogen-bond acceptors (Lipinski definition) is 3. The highest BCUT2D eigenvalue weighted by atomic mass is 35.5. The number of aliphatic hydroxyl groups excluding tert-OH is 1. The Kier molecular flexibility index (Phi) is 4.53. The summed E-state index contributed by atoms with van der Waals surface area (Å²) in [6, 6.07) is 0.123. The van der Waals surface area contributed by atoms with Crippen molar-refractivity contribution >= 4 is 23.5 Å². The van der Waals surface area contributed by atoms with E-state index >= 15 is 0 Å². The third-order valence-electron chi connectivity index (χ3n) is 2.22. The van der Waals surface area contributed by atoms with E-state index in [4.69, 9.17) is 21.8 Å². The Morgan fingerprint density at radius 3 is 2.71 bits per heavy atom. The van der Waals surface area contributed by atoms with E-state index in [9.17, 15) is 9.59 Å². The fourth-order valence-electron chi connectivity index (χ4n) is 1.34. The van der Waals surface area contributed by atoms with Crippen LogP contribution in [0.15, 0.2) is 12.3 Å². The van der Waals surface area contributed by atoms with E-state index in [2.05, 4.69) is 5.32 Å². The van der Waals surface area contributed by atoms with Crippen molar-refractivity contribution in [1.29, 1.82) is 0 Å². The van der Waals surface area contributed by atoms with Crippen LogP contribution in [0.1, 0.15) is 17.4 Å². The number of carbonyl (C=O) groups is 2. The van der Waals surface area contributed by atoms with Gasteiger partial charge in [-0.3, -0.25) is 4.79 Å². The maximum absolute atomic E-state index is 11.7. The molecule has 0 aliphatic carbocycles. The lowest BCUT2D eigenvalue weighted by Crippen LogP contribution is -2.43. The van der Waals surface area contributed by atoms with Crippen LogP contribution >= 0.6 is 11.6 Å². The summed E-state index contributed by atoms with van der Waals surface area (Å²) in [4.78, 5) is 22.4. The smallest absolute Gasteiger partial charge is 0.328 e. The van der Waals surface area contributed by atoms with Crippen molar-refractivity contribution in [3.63, 3.8) is 0 Å². The second kappa shape index (κ2) is 5.70. The third kappa shape index (κ3) is 3.21. The van der Waals surface area contributed by atoms with Crippen LogP contribution in [0.5, 0.6) is 0 Å². The quantitative estimate of drug-likeness (QED) is 0.712. The summed E-state index contributed by atoms with van der Waals surface area (Å²) in [6.45, 7) is 1.70. The van der Waals surface area contributed by atoms with Gasteiger partial charge in [-0.15, -0.1) is 0 Å². The highest BCUT2D eigenvalue weighted by Crippen LogP contribution is 2.14. The molecule has 1 heterocycles. The number of aromatic nitrogens is 1. The van der Waals surface area contributed by atoms with Crippen molar-refractivity contribution in [2.24, 2.45) is 0 Å². The fraction of sp³-hybridized carbons (Fsp3) is 0.400. The topological polar surface area (TPSA) is 91.6 Å². The van der Waals surface area contributed by atoms with E-state index in [1.165, 1.54) is 6.07 Å². The van der Waals surface area contributed by atoms with Crippen LogP contribution < -0.4 is 5.32 Å². The van der Waals surface area contributed by atoms with Gasteiger partial charge < -0.3 is 20.1 Å². The van der Waals surface area contributed by atoms with E-state index < -0.39 is 24.5 Å². The summed E-state index contributed by atoms with van der Waals surface area (Å²) in [6.07, 6.45) is 1.57. The predicted octanol–water partition coefficient (Wildman–Crippen LogP) is 0.337. The largest absolute Gasteiger partial charge is 0.480 e. The molecule has 3 N–H and O–H groups in total. The number of carboxylic acids is 1. The monoisotopic (exact) mass is 260 g/mol. The van der Waals surface area contributed by atoms with Crippen LogP contribution in [-0.2, 0) is 11.3 Å². The van der Waals surface area contributed by atoms with E-state index in [1.54, 1.807) is 10.8 Å². The number of carbonyl (C=O) groups excluding carboxylic acids is 1. The van der Waals surface area contributed by atoms with Crippen LogP contribution in [0.25, 0.3) is 0 Å². The lowest BCUT2D eigenvalue weighted by atomic mass is 10.3. The van der Waals surface area contributed by atoms with E-state index in [1.807, 2.05) is 6.92 Å². The minimum Gasteiger partial charge on any atom is -0.480 e. The molecule has 0 spiro atoms. The number of aryl methyl sites for hydroxylation is 1. The molecule has 0 aliphatic heterocycles. The van der Waals surface area contributed by atoms with Gasteiger partial charge >= 0.3 is 5.97 Å². The first-order valence-electron chi connectivity index (χ1n) is 4.99. The Bertz CT molecular complexity index is 430. The molecule has 0 unspecified atom stereocenters. The van der Waals surface area contributed by atoms with Crippen molar-refractivity contribution in [3.8, 4) is 0 Å². The molecule has 0 aromatic carbocycles. The van der Waals surface area contributed by atoms with Gasteiger partial charge in [-0.05, 0) is 13.0 Å². The minimum atomic E-state index is -1.32. The highest BCUT2D eigenvalue weighted by Gasteiger charge is 2.21. The Hall–Kier alpha value is -1.53. The molecule has 17 heavy (non-hydrogen) atoms. The maximum Gasteiger partial charge on any atom is 0.328 e. The molecule has 1 atom stereocenters. The van der Waals surface area contributed by atoms with Gasteiger partial charge in [0.1, 0.15) is 5.69 Å². The molecule has 0 fully saturated rings. The Morgan fingerprint density at radius 1 is 1.59 bits per heavy atom. The van der Waals surface area contributed by atoms with Crippen LogP contribution in [0.4, 0.5) is 0 Å². The van der Waals surface area contributed by atoms with Gasteiger partial charge in [-0.1, -0.05) is 11.6 Å². The van der Waals surface area contributed by atoms with Gasteiger partial charge in [0.05, 0.1) is 11.6 Å². The molecule has 1 aromatic heterocycles. The predicted molar refractivity (Wildman–Crippen MR) is 61.1 cm³/mol. The molecule has 0 saturated carbocycles. The maximum atomic E-state index is 11.7. The first-order valence-corrected chi connectivity index (χ1v) is 5.37. The van der Waals surface area contributed by atoms with Gasteiger partial charge in [-0.25, -0.2) is 4.79 Å². The van der Waals surface area contributed by atoms with Crippen molar-refractivity contribution in [1.82, 2.24) is 9.88 Å². The number of nitrogens with zero attached hydrogens (tertiary/aromatic N) is 1. The number of aliphatic hydroxyl groups is 1. The Labute approximate surface area is 103 Å². The molecule has 0 saturated heterocycles. The highest BCUT2D eigenvalue weighted by molar-refractivity contribution is 6.31. The molecule has 7 heteroatoms. The first kappa shape index (κ1) is 13.5. The van der Waals surface area contributed by atoms with Crippen LogP contribution in [0.3, 0.4) is 0 Å². The normalized spacial score (nSPS) is 12.2. The average molecular weight is 261 g/mol. The lowest BCUT2D eigenvalue weighted by Gasteiger charge is -2.12. The average Bonchev–Trinajstić information content (AvgIpc) is 2.66. The van der Waals surface area contributed by atoms with Crippen LogP contribution in [0, 0.1) is 0 Å². The molecule has 1 amide bonds. The number of nitrogens with one attached hydrogen (secondary N) is 1. The molecule has 1 aromatic rings. The van der Waals surface area contributed by atoms with Gasteiger partial charge in [0.2, 0.25) is 0 Å². The molecule has 1 rings (SSSR count). The molecule has 0 radical (unpaired) electrons. The summed E-state index contributed by atoms with van der Waals surface area (Å²) < 4.78 is 1.59. The van der Waals surface area contributed by atoms with Gasteiger partial charge in [0, 0.05) is 12.7 Å². The van der Waals surface area contributed by atoms with Gasteiger partial charge in [0.25, 0.3) is 5.91 Å². The molecule has 0 bridgehead atoms. The number of hydrogen-bond donors (Lipinski definition) is 3. The van der Waals surface area contributed by atoms with Crippen LogP contribution in [-0.4, -0.2) is 39.3 Å². The molecular weight excluding hydrogens is 248 g/mol. The number of aliphatic carboxylic acids is 1. The second-order valence-corrected chi connectivity index (χ2v) is 3.81. The Balaban J connectivity index is 2.85. The number of carboxylic acid groups (broad SMARTS) is 1. The standard InChI is InChI=1S/C10H13ClN2O4/c1-2-13-4-6(11)3-8(13)9(15)12-7(5-14)10(16)17/h3-4,7,14H,2,5H2,1H3,(H,12,15)(H,16,17)/t7-/m1/s1. The summed E-state index contributed by atoms with van der Waals surface area (Å²) in [5.74, 6) is -1.87. The summed E-state index contributed by atoms with van der Waals surface area (Å²) >= 11 is 5.75. The van der Waals surface area contributed by atoms with Gasteiger partial charge in [-0.2, -0.15) is 0 Å². The van der Waals surface area contributed by atoms with Gasteiger partial charge in [0.15, 0.2) is 6.04 Å². The lowest BCUT2D eigenvalue weighted by molar-refractivity contribution is -0.140. The minimum absolute atomic E-state index is 0.261. The first-order chi connectivity index (χ1) is 7.99. The summed E-state index contributed by atoms with van der Waals surface area (Å²) in [5.41, 5.74) is 0.261. The molecule has 94 valence electrons. The van der Waals surface area contributed by atoms with E-state index in [0.717, 1.165) is 0 Å². The summed E-state index contributed by atoms with van der Waals surface area (Å²) in [7, 11) is 0. The SMILES string of the molecule is CCn1cc(Cl)cc1C(=O)N[C@H](CO)C(=O)O. The van der Waals surface area contributed by atoms with E-state index in [-0.39, 0.29) is 5.69 Å². The van der Waals surface area contributed by atoms with Crippen molar-refractivity contribution in [2.75, 3.05) is 6.61 Å². The zero-order valence-corrected chi connectivity index (χ0v) is 9.94. The van der Waals surface area contributed by atoms with Crippen molar-refractivity contribution < 1.29 is 19.8 Å². The van der Waals surface area contributed by atoms with Crippen LogP contribution in [0.2, 0.25) is 5.02 Å². The number of amides is 1. The Morgan fingerprint density at radius 2 is 2.24 bits per heavy atom. The molecular formula is C10H13ClN2O4. The number of halogens is 1. The number of rotatable bonds is 5. The zero-order chi connectivity index (χ0) is 13.0. The molecule has 6 nitrogen and oxygen atoms in total. The van der Waals surface area contributed by atoms with Crippen molar-refractivity contribution in [2.45, 2.75) is 19.5 Å². The molecule has 0 aliphatic rings. The second-order valence-electron chi connectivity index (χ2n) is 3.38. The van der Waals surface area contributed by atoms with E-state index in [0.29, 0.717) is 11.6 Å². The van der Waals surface area contributed by atoms with Crippen molar-refractivity contribution in [3.05, 3.63) is 23.0 Å². The summed E-state index contributed by atoms with van der Waals surface area (Å²) in [5, 5.41) is 20.1.